The maximum absolute atomic E-state index is 13.3. The molecule has 0 unspecified atom stereocenters. The van der Waals surface area contributed by atoms with Crippen molar-refractivity contribution in [2.24, 2.45) is 5.92 Å². The van der Waals surface area contributed by atoms with Gasteiger partial charge in [-0.1, -0.05) is 0 Å². The summed E-state index contributed by atoms with van der Waals surface area (Å²) in [5.41, 5.74) is -0.103. The number of sulfonamides is 1. The molecule has 1 N–H and O–H groups in total. The van der Waals surface area contributed by atoms with Gasteiger partial charge in [-0.15, -0.1) is 0 Å². The molecule has 21 heavy (non-hydrogen) atoms. The standard InChI is InChI=1S/C13H16FN3O3S/c1-9(7-15)8-17(2)13(18)11-6-10(14)4-5-12(11)16-21(3,19)20/h4-6,9,16H,8H2,1-3H3/t9-/m0/s1. The van der Waals surface area contributed by atoms with Crippen LogP contribution in [0.15, 0.2) is 18.2 Å². The third kappa shape index (κ3) is 5.04. The fraction of sp³-hybridized carbons (Fsp3) is 0.385. The van der Waals surface area contributed by atoms with E-state index in [0.29, 0.717) is 0 Å². The second-order valence-electron chi connectivity index (χ2n) is 4.78. The van der Waals surface area contributed by atoms with Gasteiger partial charge in [-0.05, 0) is 25.1 Å². The van der Waals surface area contributed by atoms with Gasteiger partial charge in [0, 0.05) is 13.6 Å². The number of hydrogen-bond donors (Lipinski definition) is 1. The maximum Gasteiger partial charge on any atom is 0.255 e. The molecule has 0 heterocycles. The average molecular weight is 313 g/mol. The zero-order valence-corrected chi connectivity index (χ0v) is 12.7. The van der Waals surface area contributed by atoms with E-state index in [1.165, 1.54) is 18.0 Å². The Morgan fingerprint density at radius 2 is 2.14 bits per heavy atom. The molecule has 0 aliphatic carbocycles. The van der Waals surface area contributed by atoms with Crippen molar-refractivity contribution >= 4 is 21.6 Å². The molecule has 114 valence electrons. The molecule has 0 fully saturated rings. The smallest absolute Gasteiger partial charge is 0.255 e. The minimum Gasteiger partial charge on any atom is -0.340 e. The molecule has 1 aromatic carbocycles. The van der Waals surface area contributed by atoms with Gasteiger partial charge >= 0.3 is 0 Å². The van der Waals surface area contributed by atoms with E-state index in [2.05, 4.69) is 4.72 Å². The van der Waals surface area contributed by atoms with Gasteiger partial charge in [-0.2, -0.15) is 5.26 Å². The Morgan fingerprint density at radius 3 is 2.67 bits per heavy atom. The van der Waals surface area contributed by atoms with E-state index < -0.39 is 21.7 Å². The zero-order valence-electron chi connectivity index (χ0n) is 11.9. The summed E-state index contributed by atoms with van der Waals surface area (Å²) in [4.78, 5) is 13.5. The van der Waals surface area contributed by atoms with Gasteiger partial charge in [0.1, 0.15) is 5.82 Å². The Labute approximate surface area is 123 Å². The maximum atomic E-state index is 13.3. The Hall–Kier alpha value is -2.14. The summed E-state index contributed by atoms with van der Waals surface area (Å²) < 4.78 is 38.1. The molecule has 0 aromatic heterocycles. The van der Waals surface area contributed by atoms with Crippen LogP contribution in [0.25, 0.3) is 0 Å². The number of halogens is 1. The third-order valence-corrected chi connectivity index (χ3v) is 3.21. The number of hydrogen-bond acceptors (Lipinski definition) is 4. The van der Waals surface area contributed by atoms with Crippen molar-refractivity contribution in [2.45, 2.75) is 6.92 Å². The van der Waals surface area contributed by atoms with Crippen molar-refractivity contribution < 1.29 is 17.6 Å². The van der Waals surface area contributed by atoms with Crippen molar-refractivity contribution in [3.8, 4) is 6.07 Å². The SMILES string of the molecule is C[C@@H](C#N)CN(C)C(=O)c1cc(F)ccc1NS(C)(=O)=O. The highest BCUT2D eigenvalue weighted by Gasteiger charge is 2.20. The van der Waals surface area contributed by atoms with Crippen LogP contribution in [0.4, 0.5) is 10.1 Å². The second kappa shape index (κ2) is 6.54. The summed E-state index contributed by atoms with van der Waals surface area (Å²) in [6, 6.07) is 5.19. The van der Waals surface area contributed by atoms with Crippen molar-refractivity contribution in [1.29, 1.82) is 5.26 Å². The quantitative estimate of drug-likeness (QED) is 0.890. The molecule has 8 heteroatoms. The number of amides is 1. The van der Waals surface area contributed by atoms with Crippen molar-refractivity contribution in [2.75, 3.05) is 24.6 Å². The first kappa shape index (κ1) is 16.9. The lowest BCUT2D eigenvalue weighted by atomic mass is 10.1. The van der Waals surface area contributed by atoms with Crippen LogP contribution in [-0.4, -0.2) is 39.1 Å². The van der Waals surface area contributed by atoms with E-state index in [1.807, 2.05) is 6.07 Å². The van der Waals surface area contributed by atoms with Gasteiger partial charge in [0.2, 0.25) is 10.0 Å². The van der Waals surface area contributed by atoms with Crippen molar-refractivity contribution in [3.63, 3.8) is 0 Å². The lowest BCUT2D eigenvalue weighted by molar-refractivity contribution is 0.0785. The number of benzene rings is 1. The Balaban J connectivity index is 3.13. The number of carbonyl (C=O) groups excluding carboxylic acids is 1. The van der Waals surface area contributed by atoms with Crippen LogP contribution in [0.1, 0.15) is 17.3 Å². The summed E-state index contributed by atoms with van der Waals surface area (Å²) in [5.74, 6) is -1.61. The molecule has 1 amide bonds. The van der Waals surface area contributed by atoms with Crippen LogP contribution in [0, 0.1) is 23.1 Å². The monoisotopic (exact) mass is 313 g/mol. The van der Waals surface area contributed by atoms with Gasteiger partial charge < -0.3 is 4.90 Å². The fourth-order valence-corrected chi connectivity index (χ4v) is 2.30. The van der Waals surface area contributed by atoms with Crippen LogP contribution < -0.4 is 4.72 Å². The van der Waals surface area contributed by atoms with Crippen molar-refractivity contribution in [3.05, 3.63) is 29.6 Å². The summed E-state index contributed by atoms with van der Waals surface area (Å²) in [6.45, 7) is 1.80. The number of rotatable bonds is 5. The number of nitrogens with one attached hydrogen (secondary N) is 1. The molecule has 1 aromatic rings. The molecule has 0 spiro atoms. The Morgan fingerprint density at radius 1 is 1.52 bits per heavy atom. The molecule has 0 aliphatic rings. The number of anilines is 1. The summed E-state index contributed by atoms with van der Waals surface area (Å²) in [6.07, 6.45) is 0.937. The molecule has 1 atom stereocenters. The molecular formula is C13H16FN3O3S. The minimum atomic E-state index is -3.59. The van der Waals surface area contributed by atoms with E-state index in [9.17, 15) is 17.6 Å². The number of nitriles is 1. The summed E-state index contributed by atoms with van der Waals surface area (Å²) in [5, 5.41) is 8.75. The number of nitrogens with zero attached hydrogens (tertiary/aromatic N) is 2. The second-order valence-corrected chi connectivity index (χ2v) is 6.53. The van der Waals surface area contributed by atoms with Gasteiger partial charge in [0.15, 0.2) is 0 Å². The first-order valence-electron chi connectivity index (χ1n) is 6.06. The lowest BCUT2D eigenvalue weighted by Crippen LogP contribution is -2.31. The molecule has 0 bridgehead atoms. The van der Waals surface area contributed by atoms with Crippen LogP contribution >= 0.6 is 0 Å². The molecule has 6 nitrogen and oxygen atoms in total. The van der Waals surface area contributed by atoms with Crippen molar-refractivity contribution in [1.82, 2.24) is 4.90 Å². The largest absolute Gasteiger partial charge is 0.340 e. The normalized spacial score (nSPS) is 12.3. The van der Waals surface area contributed by atoms with Crippen LogP contribution in [0.5, 0.6) is 0 Å². The van der Waals surface area contributed by atoms with Gasteiger partial charge in [-0.25, -0.2) is 12.8 Å². The third-order valence-electron chi connectivity index (χ3n) is 2.62. The molecule has 1 rings (SSSR count). The van der Waals surface area contributed by atoms with E-state index in [-0.39, 0.29) is 23.7 Å². The predicted molar refractivity (Wildman–Crippen MR) is 76.6 cm³/mol. The number of carbonyl (C=O) groups is 1. The minimum absolute atomic E-state index is 0.000334. The highest BCUT2D eigenvalue weighted by atomic mass is 32.2. The van der Waals surface area contributed by atoms with Crippen LogP contribution in [0.2, 0.25) is 0 Å². The Kier molecular flexibility index (Phi) is 5.27. The van der Waals surface area contributed by atoms with Gasteiger partial charge in [0.05, 0.1) is 29.5 Å². The van der Waals surface area contributed by atoms with Crippen LogP contribution in [0.3, 0.4) is 0 Å². The highest BCUT2D eigenvalue weighted by molar-refractivity contribution is 7.92. The van der Waals surface area contributed by atoms with Gasteiger partial charge in [0.25, 0.3) is 5.91 Å². The topological polar surface area (TPSA) is 90.3 Å². The molecular weight excluding hydrogens is 297 g/mol. The fourth-order valence-electron chi connectivity index (χ4n) is 1.72. The van der Waals surface area contributed by atoms with E-state index in [4.69, 9.17) is 5.26 Å². The van der Waals surface area contributed by atoms with Gasteiger partial charge in [-0.3, -0.25) is 9.52 Å². The zero-order chi connectivity index (χ0) is 16.2. The summed E-state index contributed by atoms with van der Waals surface area (Å²) >= 11 is 0. The Bertz CT molecular complexity index is 682. The molecule has 0 radical (unpaired) electrons. The predicted octanol–water partition coefficient (Wildman–Crippen LogP) is 1.43. The van der Waals surface area contributed by atoms with E-state index in [1.54, 1.807) is 6.92 Å². The van der Waals surface area contributed by atoms with E-state index >= 15 is 0 Å². The molecule has 0 aliphatic heterocycles. The van der Waals surface area contributed by atoms with E-state index in [0.717, 1.165) is 18.4 Å². The molecule has 0 saturated carbocycles. The summed E-state index contributed by atoms with van der Waals surface area (Å²) in [7, 11) is -2.13. The average Bonchev–Trinajstić information content (AvgIpc) is 2.38. The first-order chi connectivity index (χ1) is 9.64. The lowest BCUT2D eigenvalue weighted by Gasteiger charge is -2.20. The first-order valence-corrected chi connectivity index (χ1v) is 7.95. The highest BCUT2D eigenvalue weighted by Crippen LogP contribution is 2.20. The van der Waals surface area contributed by atoms with Crippen LogP contribution in [-0.2, 0) is 10.0 Å². The molecule has 0 saturated heterocycles.